The van der Waals surface area contributed by atoms with Crippen LogP contribution in [0.15, 0.2) is 12.2 Å². The SMILES string of the molecule is C=C(C)C(=O)OCCOC(=O)NC1CC(C)(C)CC(C)(CNC(=O)OCCC)C1. The zero-order chi connectivity index (χ0) is 22.1. The van der Waals surface area contributed by atoms with E-state index in [1.807, 2.05) is 6.92 Å². The molecule has 8 heteroatoms. The van der Waals surface area contributed by atoms with Crippen molar-refractivity contribution in [3.05, 3.63) is 12.2 Å². The highest BCUT2D eigenvalue weighted by Crippen LogP contribution is 2.45. The molecule has 1 saturated carbocycles. The van der Waals surface area contributed by atoms with Crippen LogP contribution in [0.2, 0.25) is 0 Å². The molecule has 0 saturated heterocycles. The summed E-state index contributed by atoms with van der Waals surface area (Å²) in [6, 6.07) is -0.0808. The van der Waals surface area contributed by atoms with Gasteiger partial charge >= 0.3 is 18.2 Å². The van der Waals surface area contributed by atoms with Crippen molar-refractivity contribution in [2.75, 3.05) is 26.4 Å². The fraction of sp³-hybridized carbons (Fsp3) is 0.762. The third-order valence-electron chi connectivity index (χ3n) is 4.76. The molecular weight excluding hydrogens is 376 g/mol. The number of amides is 2. The molecule has 0 aliphatic heterocycles. The molecule has 166 valence electrons. The van der Waals surface area contributed by atoms with Crippen molar-refractivity contribution in [3.8, 4) is 0 Å². The van der Waals surface area contributed by atoms with Crippen LogP contribution in [-0.4, -0.2) is 50.6 Å². The lowest BCUT2D eigenvalue weighted by molar-refractivity contribution is -0.139. The maximum atomic E-state index is 12.1. The van der Waals surface area contributed by atoms with E-state index in [1.54, 1.807) is 6.92 Å². The summed E-state index contributed by atoms with van der Waals surface area (Å²) >= 11 is 0. The second-order valence-corrected chi connectivity index (χ2v) is 8.94. The average molecular weight is 413 g/mol. The second kappa shape index (κ2) is 11.1. The molecule has 0 bridgehead atoms. The predicted octanol–water partition coefficient (Wildman–Crippen LogP) is 3.55. The summed E-state index contributed by atoms with van der Waals surface area (Å²) in [4.78, 5) is 35.2. The summed E-state index contributed by atoms with van der Waals surface area (Å²) in [6.07, 6.45) is 2.25. The quantitative estimate of drug-likeness (QED) is 0.260. The first-order valence-corrected chi connectivity index (χ1v) is 10.1. The van der Waals surface area contributed by atoms with Crippen molar-refractivity contribution in [3.63, 3.8) is 0 Å². The van der Waals surface area contributed by atoms with Crippen molar-refractivity contribution >= 4 is 18.2 Å². The fourth-order valence-corrected chi connectivity index (χ4v) is 4.00. The lowest BCUT2D eigenvalue weighted by Gasteiger charge is -2.46. The summed E-state index contributed by atoms with van der Waals surface area (Å²) in [5.74, 6) is -0.510. The molecule has 1 rings (SSSR count). The average Bonchev–Trinajstić information content (AvgIpc) is 2.59. The number of carbonyl (C=O) groups excluding carboxylic acids is 3. The number of carbonyl (C=O) groups is 3. The molecule has 0 aromatic heterocycles. The third kappa shape index (κ3) is 9.67. The molecule has 0 spiro atoms. The highest BCUT2D eigenvalue weighted by Gasteiger charge is 2.42. The van der Waals surface area contributed by atoms with Crippen molar-refractivity contribution in [1.82, 2.24) is 10.6 Å². The smallest absolute Gasteiger partial charge is 0.407 e. The Bertz CT molecular complexity index is 604. The van der Waals surface area contributed by atoms with Crippen LogP contribution in [0.5, 0.6) is 0 Å². The van der Waals surface area contributed by atoms with Crippen molar-refractivity contribution in [2.24, 2.45) is 10.8 Å². The zero-order valence-electron chi connectivity index (χ0n) is 18.4. The molecule has 1 aliphatic rings. The Morgan fingerprint density at radius 3 is 2.24 bits per heavy atom. The van der Waals surface area contributed by atoms with E-state index in [-0.39, 0.29) is 30.1 Å². The fourth-order valence-electron chi connectivity index (χ4n) is 4.00. The van der Waals surface area contributed by atoms with Crippen molar-refractivity contribution in [2.45, 2.75) is 66.3 Å². The zero-order valence-corrected chi connectivity index (χ0v) is 18.4. The van der Waals surface area contributed by atoms with Gasteiger partial charge in [-0.3, -0.25) is 0 Å². The van der Waals surface area contributed by atoms with E-state index in [9.17, 15) is 14.4 Å². The molecule has 1 fully saturated rings. The predicted molar refractivity (Wildman–Crippen MR) is 109 cm³/mol. The van der Waals surface area contributed by atoms with Gasteiger partial charge in [-0.25, -0.2) is 14.4 Å². The largest absolute Gasteiger partial charge is 0.459 e. The van der Waals surface area contributed by atoms with Crippen LogP contribution in [0.25, 0.3) is 0 Å². The second-order valence-electron chi connectivity index (χ2n) is 8.94. The van der Waals surface area contributed by atoms with Gasteiger partial charge in [-0.1, -0.05) is 34.3 Å². The molecule has 2 unspecified atom stereocenters. The van der Waals surface area contributed by atoms with Crippen LogP contribution in [0.1, 0.15) is 60.3 Å². The monoisotopic (exact) mass is 412 g/mol. The topological polar surface area (TPSA) is 103 Å². The molecular formula is C21H36N2O6. The number of alkyl carbamates (subject to hydrolysis) is 2. The van der Waals surface area contributed by atoms with Gasteiger partial charge in [0.25, 0.3) is 0 Å². The maximum Gasteiger partial charge on any atom is 0.407 e. The van der Waals surface area contributed by atoms with Crippen LogP contribution in [0, 0.1) is 10.8 Å². The Kier molecular flexibility index (Phi) is 9.46. The summed E-state index contributed by atoms with van der Waals surface area (Å²) in [5, 5.41) is 5.74. The highest BCUT2D eigenvalue weighted by atomic mass is 16.6. The minimum absolute atomic E-state index is 0.00301. The number of nitrogens with one attached hydrogen (secondary N) is 2. The Hall–Kier alpha value is -2.25. The van der Waals surface area contributed by atoms with Gasteiger partial charge in [0.05, 0.1) is 6.61 Å². The number of hydrogen-bond donors (Lipinski definition) is 2. The first-order chi connectivity index (χ1) is 13.5. The number of hydrogen-bond acceptors (Lipinski definition) is 6. The van der Waals surface area contributed by atoms with Crippen LogP contribution in [0.3, 0.4) is 0 Å². The van der Waals surface area contributed by atoms with Gasteiger partial charge in [0.2, 0.25) is 0 Å². The molecule has 1 aliphatic carbocycles. The first-order valence-electron chi connectivity index (χ1n) is 10.1. The van der Waals surface area contributed by atoms with Crippen LogP contribution >= 0.6 is 0 Å². The van der Waals surface area contributed by atoms with Crippen LogP contribution < -0.4 is 10.6 Å². The van der Waals surface area contributed by atoms with E-state index < -0.39 is 18.2 Å². The molecule has 2 atom stereocenters. The van der Waals surface area contributed by atoms with Gasteiger partial charge in [0, 0.05) is 18.2 Å². The highest BCUT2D eigenvalue weighted by molar-refractivity contribution is 5.86. The van der Waals surface area contributed by atoms with Crippen molar-refractivity contribution in [1.29, 1.82) is 0 Å². The van der Waals surface area contributed by atoms with Gasteiger partial charge in [-0.05, 0) is 43.4 Å². The normalized spacial score (nSPS) is 22.9. The van der Waals surface area contributed by atoms with Crippen LogP contribution in [0.4, 0.5) is 9.59 Å². The standard InChI is InChI=1S/C21H36N2O6/c1-7-8-28-18(25)22-14-21(6)12-16(11-20(4,5)13-21)23-19(26)29-10-9-27-17(24)15(2)3/h16H,2,7-14H2,1,3-6H3,(H,22,25)(H,23,26). The maximum absolute atomic E-state index is 12.1. The number of esters is 1. The Labute approximate surface area is 173 Å². The minimum Gasteiger partial charge on any atom is -0.459 e. The van der Waals surface area contributed by atoms with E-state index in [1.165, 1.54) is 0 Å². The Morgan fingerprint density at radius 2 is 1.62 bits per heavy atom. The minimum atomic E-state index is -0.545. The molecule has 0 aromatic carbocycles. The van der Waals surface area contributed by atoms with E-state index in [2.05, 4.69) is 38.0 Å². The molecule has 0 heterocycles. The molecule has 2 amide bonds. The van der Waals surface area contributed by atoms with E-state index in [0.717, 1.165) is 19.3 Å². The molecule has 2 N–H and O–H groups in total. The van der Waals surface area contributed by atoms with Crippen LogP contribution in [-0.2, 0) is 19.0 Å². The molecule has 0 aromatic rings. The number of ether oxygens (including phenoxy) is 3. The summed E-state index contributed by atoms with van der Waals surface area (Å²) < 4.78 is 15.1. The summed E-state index contributed by atoms with van der Waals surface area (Å²) in [5.41, 5.74) is 0.115. The van der Waals surface area contributed by atoms with E-state index in [4.69, 9.17) is 14.2 Å². The van der Waals surface area contributed by atoms with E-state index in [0.29, 0.717) is 25.1 Å². The number of rotatable bonds is 9. The first kappa shape index (κ1) is 24.8. The lowest BCUT2D eigenvalue weighted by Crippen LogP contribution is -2.50. The molecule has 29 heavy (non-hydrogen) atoms. The third-order valence-corrected chi connectivity index (χ3v) is 4.76. The Morgan fingerprint density at radius 1 is 1.00 bits per heavy atom. The Balaban J connectivity index is 2.50. The van der Waals surface area contributed by atoms with Crippen molar-refractivity contribution < 1.29 is 28.6 Å². The van der Waals surface area contributed by atoms with E-state index >= 15 is 0 Å². The van der Waals surface area contributed by atoms with Gasteiger partial charge in [0.1, 0.15) is 13.2 Å². The lowest BCUT2D eigenvalue weighted by atomic mass is 9.62. The molecule has 8 nitrogen and oxygen atoms in total. The molecule has 0 radical (unpaired) electrons. The summed E-state index contributed by atoms with van der Waals surface area (Å²) in [6.45, 7) is 14.2. The summed E-state index contributed by atoms with van der Waals surface area (Å²) in [7, 11) is 0. The van der Waals surface area contributed by atoms with Gasteiger partial charge in [0.15, 0.2) is 0 Å². The van der Waals surface area contributed by atoms with Gasteiger partial charge in [-0.15, -0.1) is 0 Å². The van der Waals surface area contributed by atoms with Gasteiger partial charge in [-0.2, -0.15) is 0 Å². The van der Waals surface area contributed by atoms with Gasteiger partial charge < -0.3 is 24.8 Å².